The molecule has 2 rings (SSSR count). The van der Waals surface area contributed by atoms with E-state index in [9.17, 15) is 4.79 Å². The fourth-order valence-corrected chi connectivity index (χ4v) is 2.97. The van der Waals surface area contributed by atoms with Gasteiger partial charge in [-0.15, -0.1) is 11.3 Å². The molecule has 1 N–H and O–H groups in total. The van der Waals surface area contributed by atoms with E-state index in [0.29, 0.717) is 6.54 Å². The van der Waals surface area contributed by atoms with Crippen LogP contribution in [0.1, 0.15) is 17.7 Å². The van der Waals surface area contributed by atoms with Crippen LogP contribution in [-0.4, -0.2) is 24.5 Å². The highest BCUT2D eigenvalue weighted by Gasteiger charge is 2.22. The summed E-state index contributed by atoms with van der Waals surface area (Å²) in [5.41, 5.74) is 0. The third-order valence-electron chi connectivity index (χ3n) is 2.61. The summed E-state index contributed by atoms with van der Waals surface area (Å²) in [6, 6.07) is 4.08. The molecule has 1 aliphatic rings. The largest absolute Gasteiger partial charge is 0.338 e. The number of nitrogens with one attached hydrogen (secondary N) is 1. The molecule has 3 nitrogen and oxygen atoms in total. The molecule has 0 aliphatic heterocycles. The highest BCUT2D eigenvalue weighted by Crippen LogP contribution is 2.27. The number of carbonyl (C=O) groups excluding carboxylic acids is 1. The van der Waals surface area contributed by atoms with Gasteiger partial charge in [0.25, 0.3) is 0 Å². The average molecular weight is 303 g/mol. The third kappa shape index (κ3) is 3.49. The lowest BCUT2D eigenvalue weighted by Gasteiger charge is -2.16. The van der Waals surface area contributed by atoms with Gasteiger partial charge in [0.15, 0.2) is 0 Å². The van der Waals surface area contributed by atoms with Gasteiger partial charge in [-0.2, -0.15) is 0 Å². The summed E-state index contributed by atoms with van der Waals surface area (Å²) in [5, 5.41) is 2.95. The Labute approximate surface area is 108 Å². The fourth-order valence-electron chi connectivity index (χ4n) is 1.43. The van der Waals surface area contributed by atoms with Crippen molar-refractivity contribution in [3.8, 4) is 0 Å². The van der Waals surface area contributed by atoms with Crippen molar-refractivity contribution in [2.75, 3.05) is 13.6 Å². The Morgan fingerprint density at radius 1 is 1.62 bits per heavy atom. The average Bonchev–Trinajstić information content (AvgIpc) is 2.99. The molecule has 0 saturated heterocycles. The van der Waals surface area contributed by atoms with Crippen LogP contribution in [0.2, 0.25) is 0 Å². The van der Waals surface area contributed by atoms with Gasteiger partial charge in [-0.25, -0.2) is 4.79 Å². The number of carbonyl (C=O) groups is 1. The molecule has 0 radical (unpaired) electrons. The Morgan fingerprint density at radius 2 is 2.38 bits per heavy atom. The van der Waals surface area contributed by atoms with Gasteiger partial charge in [0, 0.05) is 18.5 Å². The molecule has 0 atom stereocenters. The summed E-state index contributed by atoms with van der Waals surface area (Å²) in [4.78, 5) is 14.6. The molecular formula is C11H15BrN2OS. The van der Waals surface area contributed by atoms with E-state index in [4.69, 9.17) is 0 Å². The standard InChI is InChI=1S/C11H15BrN2OS/c1-14(7-9-4-5-10(12)16-9)11(15)13-6-8-2-3-8/h4-5,8H,2-3,6-7H2,1H3,(H,13,15). The summed E-state index contributed by atoms with van der Waals surface area (Å²) in [5.74, 6) is 0.730. The maximum Gasteiger partial charge on any atom is 0.317 e. The molecule has 1 aromatic rings. The van der Waals surface area contributed by atoms with Crippen molar-refractivity contribution in [2.45, 2.75) is 19.4 Å². The van der Waals surface area contributed by atoms with Crippen LogP contribution >= 0.6 is 27.3 Å². The van der Waals surface area contributed by atoms with Crippen LogP contribution in [0.25, 0.3) is 0 Å². The van der Waals surface area contributed by atoms with Gasteiger partial charge >= 0.3 is 6.03 Å². The third-order valence-corrected chi connectivity index (χ3v) is 4.22. The summed E-state index contributed by atoms with van der Waals surface area (Å²) >= 11 is 5.08. The Balaban J connectivity index is 1.77. The Morgan fingerprint density at radius 3 is 2.94 bits per heavy atom. The van der Waals surface area contributed by atoms with Gasteiger partial charge in [-0.1, -0.05) is 0 Å². The monoisotopic (exact) mass is 302 g/mol. The SMILES string of the molecule is CN(Cc1ccc(Br)s1)C(=O)NCC1CC1. The maximum atomic E-state index is 11.7. The normalized spacial score (nSPS) is 14.9. The summed E-state index contributed by atoms with van der Waals surface area (Å²) in [6.07, 6.45) is 2.53. The van der Waals surface area contributed by atoms with Gasteiger partial charge < -0.3 is 10.2 Å². The lowest BCUT2D eigenvalue weighted by atomic mass is 10.4. The minimum absolute atomic E-state index is 0.0245. The predicted octanol–water partition coefficient (Wildman–Crippen LogP) is 3.06. The number of nitrogens with zero attached hydrogens (tertiary/aromatic N) is 1. The number of urea groups is 1. The number of hydrogen-bond donors (Lipinski definition) is 1. The molecule has 0 aromatic carbocycles. The molecule has 0 bridgehead atoms. The van der Waals surface area contributed by atoms with E-state index < -0.39 is 0 Å². The zero-order valence-electron chi connectivity index (χ0n) is 9.20. The van der Waals surface area contributed by atoms with Crippen LogP contribution in [0.15, 0.2) is 15.9 Å². The molecule has 0 unspecified atom stereocenters. The summed E-state index contributed by atoms with van der Waals surface area (Å²) < 4.78 is 1.11. The first-order valence-corrected chi connectivity index (χ1v) is 6.99. The molecule has 16 heavy (non-hydrogen) atoms. The van der Waals surface area contributed by atoms with E-state index >= 15 is 0 Å². The Bertz CT molecular complexity index is 376. The first kappa shape index (κ1) is 11.9. The van der Waals surface area contributed by atoms with Gasteiger partial charge in [-0.05, 0) is 46.8 Å². The van der Waals surface area contributed by atoms with Gasteiger partial charge in [0.2, 0.25) is 0 Å². The second-order valence-electron chi connectivity index (χ2n) is 4.19. The van der Waals surface area contributed by atoms with E-state index in [2.05, 4.69) is 21.2 Å². The van der Waals surface area contributed by atoms with E-state index in [-0.39, 0.29) is 6.03 Å². The highest BCUT2D eigenvalue weighted by atomic mass is 79.9. The topological polar surface area (TPSA) is 32.3 Å². The van der Waals surface area contributed by atoms with Gasteiger partial charge in [-0.3, -0.25) is 0 Å². The van der Waals surface area contributed by atoms with Gasteiger partial charge in [0.1, 0.15) is 0 Å². The van der Waals surface area contributed by atoms with Crippen LogP contribution in [-0.2, 0) is 6.54 Å². The van der Waals surface area contributed by atoms with Gasteiger partial charge in [0.05, 0.1) is 10.3 Å². The Hall–Kier alpha value is -0.550. The van der Waals surface area contributed by atoms with Crippen LogP contribution in [0, 0.1) is 5.92 Å². The number of thiophene rings is 1. The zero-order chi connectivity index (χ0) is 11.5. The zero-order valence-corrected chi connectivity index (χ0v) is 11.6. The first-order chi connectivity index (χ1) is 7.65. The molecule has 1 fully saturated rings. The lowest BCUT2D eigenvalue weighted by Crippen LogP contribution is -2.37. The minimum Gasteiger partial charge on any atom is -0.338 e. The minimum atomic E-state index is 0.0245. The fraction of sp³-hybridized carbons (Fsp3) is 0.545. The second-order valence-corrected chi connectivity index (χ2v) is 6.74. The van der Waals surface area contributed by atoms with E-state index in [1.165, 1.54) is 17.7 Å². The number of rotatable bonds is 4. The number of halogens is 1. The molecule has 1 heterocycles. The van der Waals surface area contributed by atoms with Crippen molar-refractivity contribution in [1.29, 1.82) is 0 Å². The van der Waals surface area contributed by atoms with Crippen molar-refractivity contribution < 1.29 is 4.79 Å². The Kier molecular flexibility index (Phi) is 3.86. The van der Waals surface area contributed by atoms with Crippen LogP contribution in [0.3, 0.4) is 0 Å². The molecule has 1 saturated carbocycles. The second kappa shape index (κ2) is 5.19. The van der Waals surface area contributed by atoms with Crippen molar-refractivity contribution in [2.24, 2.45) is 5.92 Å². The molecule has 0 spiro atoms. The number of hydrogen-bond acceptors (Lipinski definition) is 2. The predicted molar refractivity (Wildman–Crippen MR) is 69.6 cm³/mol. The molecule has 5 heteroatoms. The molecule has 1 aliphatic carbocycles. The van der Waals surface area contributed by atoms with E-state index in [1.54, 1.807) is 16.2 Å². The van der Waals surface area contributed by atoms with Crippen LogP contribution in [0.5, 0.6) is 0 Å². The lowest BCUT2D eigenvalue weighted by molar-refractivity contribution is 0.207. The molecule has 2 amide bonds. The van der Waals surface area contributed by atoms with Crippen LogP contribution in [0.4, 0.5) is 4.79 Å². The van der Waals surface area contributed by atoms with Crippen molar-refractivity contribution in [1.82, 2.24) is 10.2 Å². The van der Waals surface area contributed by atoms with E-state index in [0.717, 1.165) is 16.2 Å². The molecular weight excluding hydrogens is 288 g/mol. The number of amides is 2. The maximum absolute atomic E-state index is 11.7. The van der Waals surface area contributed by atoms with E-state index in [1.807, 2.05) is 19.2 Å². The summed E-state index contributed by atoms with van der Waals surface area (Å²) in [6.45, 7) is 1.50. The quantitative estimate of drug-likeness (QED) is 0.911. The molecule has 1 aromatic heterocycles. The highest BCUT2D eigenvalue weighted by molar-refractivity contribution is 9.11. The smallest absolute Gasteiger partial charge is 0.317 e. The van der Waals surface area contributed by atoms with Crippen molar-refractivity contribution in [3.05, 3.63) is 20.8 Å². The van der Waals surface area contributed by atoms with Crippen LogP contribution < -0.4 is 5.32 Å². The van der Waals surface area contributed by atoms with Crippen molar-refractivity contribution >= 4 is 33.3 Å². The summed E-state index contributed by atoms with van der Waals surface area (Å²) in [7, 11) is 1.83. The van der Waals surface area contributed by atoms with Crippen molar-refractivity contribution in [3.63, 3.8) is 0 Å². The first-order valence-electron chi connectivity index (χ1n) is 5.38. The molecule has 88 valence electrons.